The van der Waals surface area contributed by atoms with Crippen LogP contribution >= 0.6 is 0 Å². The summed E-state index contributed by atoms with van der Waals surface area (Å²) in [6, 6.07) is -0.628. The molecule has 0 amide bonds. The number of unbranched alkanes of at least 4 members (excludes halogenated alkanes) is 8. The molecule has 0 aromatic rings. The van der Waals surface area contributed by atoms with E-state index in [1.54, 1.807) is 6.54 Å². The largest absolute Gasteiger partial charge is 0.391 e. The summed E-state index contributed by atoms with van der Waals surface area (Å²) in [6.07, 6.45) is 10.0. The van der Waals surface area contributed by atoms with E-state index >= 15 is 0 Å². The molecule has 116 valence electrons. The molecule has 0 heterocycles. The standard InChI is InChI=1S/C14H28N4O2/c15-13(12-19)14(20)10-8-6-4-2-1-3-5-7-9-11-17-18-16/h11-14,19-20H,1-10,15H2/t13-,14+/m0/s1. The molecule has 2 atom stereocenters. The van der Waals surface area contributed by atoms with Crippen LogP contribution in [0.4, 0.5) is 0 Å². The van der Waals surface area contributed by atoms with Crippen LogP contribution in [0.5, 0.6) is 0 Å². The van der Waals surface area contributed by atoms with Crippen LogP contribution in [-0.4, -0.2) is 22.4 Å². The quantitative estimate of drug-likeness (QED) is 0.196. The Kier molecular flexibility index (Phi) is 14.0. The molecule has 0 saturated carbocycles. The monoisotopic (exact) mass is 284 g/mol. The van der Waals surface area contributed by atoms with E-state index in [0.717, 1.165) is 32.3 Å². The fourth-order valence-corrected chi connectivity index (χ4v) is 2.04. The Morgan fingerprint density at radius 3 is 2.15 bits per heavy atom. The molecule has 0 aliphatic heterocycles. The van der Waals surface area contributed by atoms with Crippen molar-refractivity contribution in [1.29, 1.82) is 0 Å². The van der Waals surface area contributed by atoms with Crippen LogP contribution in [0.1, 0.15) is 64.2 Å². The van der Waals surface area contributed by atoms with Gasteiger partial charge in [0.15, 0.2) is 0 Å². The molecule has 0 aromatic heterocycles. The SMILES string of the molecule is [N-]=[N+]=N[CH]CCCCCCCCCC[C@@H](O)[C@@H](N)[CH]O. The van der Waals surface area contributed by atoms with Gasteiger partial charge in [-0.1, -0.05) is 56.5 Å². The van der Waals surface area contributed by atoms with Crippen molar-refractivity contribution in [2.75, 3.05) is 0 Å². The Balaban J connectivity index is 3.15. The summed E-state index contributed by atoms with van der Waals surface area (Å²) in [7, 11) is 0. The fourth-order valence-electron chi connectivity index (χ4n) is 2.04. The highest BCUT2D eigenvalue weighted by Gasteiger charge is 2.12. The van der Waals surface area contributed by atoms with Crippen molar-refractivity contribution in [3.05, 3.63) is 23.6 Å². The van der Waals surface area contributed by atoms with Crippen LogP contribution in [0.15, 0.2) is 5.11 Å². The number of nitrogens with two attached hydrogens (primary N) is 1. The molecule has 0 unspecified atom stereocenters. The molecule has 6 heteroatoms. The minimum Gasteiger partial charge on any atom is -0.391 e. The van der Waals surface area contributed by atoms with Crippen molar-refractivity contribution in [1.82, 2.24) is 0 Å². The summed E-state index contributed by atoms with van der Waals surface area (Å²) in [4.78, 5) is 2.67. The summed E-state index contributed by atoms with van der Waals surface area (Å²) in [5.41, 5.74) is 13.6. The van der Waals surface area contributed by atoms with Crippen LogP contribution in [-0.2, 0) is 0 Å². The van der Waals surface area contributed by atoms with Crippen molar-refractivity contribution in [3.63, 3.8) is 0 Å². The maximum atomic E-state index is 9.53. The molecule has 4 N–H and O–H groups in total. The second kappa shape index (κ2) is 14.6. The first-order valence-electron chi connectivity index (χ1n) is 7.49. The Hall–Kier alpha value is -0.810. The third kappa shape index (κ3) is 12.2. The highest BCUT2D eigenvalue weighted by Crippen LogP contribution is 2.12. The van der Waals surface area contributed by atoms with Crippen LogP contribution in [0.2, 0.25) is 0 Å². The molecule has 6 nitrogen and oxygen atoms in total. The molecular weight excluding hydrogens is 256 g/mol. The lowest BCUT2D eigenvalue weighted by atomic mass is 10.0. The molecule has 0 saturated heterocycles. The predicted molar refractivity (Wildman–Crippen MR) is 79.8 cm³/mol. The van der Waals surface area contributed by atoms with Gasteiger partial charge in [-0.3, -0.25) is 0 Å². The third-order valence-electron chi connectivity index (χ3n) is 3.33. The van der Waals surface area contributed by atoms with Gasteiger partial charge in [0, 0.05) is 11.5 Å². The van der Waals surface area contributed by atoms with Crippen LogP contribution in [0.25, 0.3) is 10.4 Å². The van der Waals surface area contributed by atoms with E-state index in [-0.39, 0.29) is 0 Å². The van der Waals surface area contributed by atoms with Gasteiger partial charge in [0.1, 0.15) is 0 Å². The number of aliphatic hydroxyl groups is 2. The lowest BCUT2D eigenvalue weighted by Crippen LogP contribution is -2.34. The van der Waals surface area contributed by atoms with Crippen molar-refractivity contribution in [2.24, 2.45) is 10.8 Å². The lowest BCUT2D eigenvalue weighted by Gasteiger charge is -2.15. The van der Waals surface area contributed by atoms with Gasteiger partial charge >= 0.3 is 0 Å². The third-order valence-corrected chi connectivity index (χ3v) is 3.33. The maximum Gasteiger partial charge on any atom is 0.0991 e. The summed E-state index contributed by atoms with van der Waals surface area (Å²) in [5.74, 6) is 0. The Morgan fingerprint density at radius 1 is 1.05 bits per heavy atom. The summed E-state index contributed by atoms with van der Waals surface area (Å²) >= 11 is 0. The fraction of sp³-hybridized carbons (Fsp3) is 0.857. The Morgan fingerprint density at radius 2 is 1.60 bits per heavy atom. The molecule has 0 aliphatic carbocycles. The highest BCUT2D eigenvalue weighted by molar-refractivity contribution is 4.77. The first-order valence-corrected chi connectivity index (χ1v) is 7.49. The smallest absolute Gasteiger partial charge is 0.0991 e. The maximum absolute atomic E-state index is 9.53. The van der Waals surface area contributed by atoms with Gasteiger partial charge in [-0.2, -0.15) is 0 Å². The summed E-state index contributed by atoms with van der Waals surface area (Å²) in [5, 5.41) is 21.6. The zero-order valence-corrected chi connectivity index (χ0v) is 12.2. The number of hydrogen-bond donors (Lipinski definition) is 3. The Labute approximate surface area is 122 Å². The minimum atomic E-state index is -0.632. The number of nitrogens with zero attached hydrogens (tertiary/aromatic N) is 3. The van der Waals surface area contributed by atoms with Crippen LogP contribution < -0.4 is 5.73 Å². The van der Waals surface area contributed by atoms with Crippen molar-refractivity contribution >= 4 is 0 Å². The number of aliphatic hydroxyl groups excluding tert-OH is 2. The molecule has 20 heavy (non-hydrogen) atoms. The summed E-state index contributed by atoms with van der Waals surface area (Å²) in [6.45, 7) is 2.48. The minimum absolute atomic E-state index is 0.628. The van der Waals surface area contributed by atoms with E-state index in [2.05, 4.69) is 10.0 Å². The second-order valence-electron chi connectivity index (χ2n) is 5.09. The predicted octanol–water partition coefficient (Wildman–Crippen LogP) is 3.58. The van der Waals surface area contributed by atoms with Gasteiger partial charge in [0.2, 0.25) is 0 Å². The van der Waals surface area contributed by atoms with Gasteiger partial charge in [0.05, 0.1) is 18.8 Å². The van der Waals surface area contributed by atoms with Gasteiger partial charge in [-0.15, -0.1) is 0 Å². The van der Waals surface area contributed by atoms with Crippen molar-refractivity contribution in [2.45, 2.75) is 76.4 Å². The van der Waals surface area contributed by atoms with Crippen molar-refractivity contribution in [3.8, 4) is 0 Å². The van der Waals surface area contributed by atoms with Gasteiger partial charge in [-0.05, 0) is 18.4 Å². The van der Waals surface area contributed by atoms with Gasteiger partial charge in [-0.25, -0.2) is 0 Å². The summed E-state index contributed by atoms with van der Waals surface area (Å²) < 4.78 is 0. The highest BCUT2D eigenvalue weighted by atomic mass is 16.3. The number of azide groups is 1. The van der Waals surface area contributed by atoms with E-state index in [9.17, 15) is 5.11 Å². The molecule has 2 radical (unpaired) electrons. The van der Waals surface area contributed by atoms with Gasteiger partial charge in [0.25, 0.3) is 0 Å². The topological polar surface area (TPSA) is 115 Å². The lowest BCUT2D eigenvalue weighted by molar-refractivity contribution is 0.122. The zero-order valence-electron chi connectivity index (χ0n) is 12.2. The van der Waals surface area contributed by atoms with E-state index in [4.69, 9.17) is 16.4 Å². The normalized spacial score (nSPS) is 13.8. The zero-order chi connectivity index (χ0) is 15.1. The molecule has 0 spiro atoms. The van der Waals surface area contributed by atoms with E-state index < -0.39 is 12.1 Å². The van der Waals surface area contributed by atoms with Gasteiger partial charge < -0.3 is 15.9 Å². The first-order chi connectivity index (χ1) is 9.72. The molecule has 0 rings (SSSR count). The Bertz CT molecular complexity index is 258. The van der Waals surface area contributed by atoms with Crippen molar-refractivity contribution < 1.29 is 10.2 Å². The second-order valence-corrected chi connectivity index (χ2v) is 5.09. The number of hydrogen-bond acceptors (Lipinski definition) is 4. The average Bonchev–Trinajstić information content (AvgIpc) is 2.47. The van der Waals surface area contributed by atoms with Crippen LogP contribution in [0, 0.1) is 13.2 Å². The molecule has 0 aromatic carbocycles. The average molecular weight is 284 g/mol. The van der Waals surface area contributed by atoms with Crippen LogP contribution in [0.3, 0.4) is 0 Å². The van der Waals surface area contributed by atoms with E-state index in [1.165, 1.54) is 32.1 Å². The molecular formula is C14H28N4O2. The molecule has 0 bridgehead atoms. The van der Waals surface area contributed by atoms with E-state index in [0.29, 0.717) is 6.42 Å². The molecule has 0 aliphatic rings. The molecule has 0 fully saturated rings. The van der Waals surface area contributed by atoms with E-state index in [1.807, 2.05) is 0 Å². The first kappa shape index (κ1) is 19.2. The number of rotatable bonds is 14.